The number of aliphatic carboxylic acids is 4. The van der Waals surface area contributed by atoms with Crippen molar-refractivity contribution in [1.82, 2.24) is 31.2 Å². The van der Waals surface area contributed by atoms with E-state index in [4.69, 9.17) is 83.1 Å². The fraction of sp³-hybridized carbons (Fsp3) is 0.411. The van der Waals surface area contributed by atoms with Crippen molar-refractivity contribution < 1.29 is 126 Å². The first kappa shape index (κ1) is 85.2. The van der Waals surface area contributed by atoms with Gasteiger partial charge in [0.05, 0.1) is 22.3 Å². The minimum absolute atomic E-state index is 0.00319. The van der Waals surface area contributed by atoms with Gasteiger partial charge in [-0.2, -0.15) is 57.9 Å². The number of benzene rings is 3. The largest absolute Gasteiger partial charge is 0.492 e. The zero-order valence-electron chi connectivity index (χ0n) is 50.7. The Morgan fingerprint density at radius 1 is 0.729 bits per heavy atom. The van der Waals surface area contributed by atoms with Crippen LogP contribution in [0, 0.1) is 11.3 Å². The number of nitriles is 1. The van der Waals surface area contributed by atoms with Gasteiger partial charge in [0, 0.05) is 59.9 Å². The summed E-state index contributed by atoms with van der Waals surface area (Å²) in [6.45, 7) is 8.26. The van der Waals surface area contributed by atoms with Crippen LogP contribution >= 0.6 is 33.2 Å². The molecule has 4 aromatic rings. The summed E-state index contributed by atoms with van der Waals surface area (Å²) in [7, 11) is 5.00. The third-order valence-corrected chi connectivity index (χ3v) is 15.1. The van der Waals surface area contributed by atoms with Crippen LogP contribution in [0.5, 0.6) is 11.5 Å². The van der Waals surface area contributed by atoms with Gasteiger partial charge in [0.25, 0.3) is 5.91 Å². The van der Waals surface area contributed by atoms with E-state index < -0.39 is 102 Å². The van der Waals surface area contributed by atoms with E-state index in [1.165, 1.54) is 25.1 Å². The Hall–Kier alpha value is -8.84. The highest BCUT2D eigenvalue weighted by atomic mass is 35.5. The number of nitrogens with zero attached hydrogens (tertiary/aromatic N) is 3. The third kappa shape index (κ3) is 29.8. The molecule has 1 aliphatic heterocycles. The Bertz CT molecular complexity index is 3280. The number of pyridine rings is 1. The lowest BCUT2D eigenvalue weighted by Crippen LogP contribution is -2.56. The number of rotatable bonds is 18. The molecule has 14 N–H and O–H groups in total. The highest BCUT2D eigenvalue weighted by Crippen LogP contribution is 2.41. The number of ether oxygens (including phenoxy) is 2. The smallest absolute Gasteiger partial charge is 0.490 e. The van der Waals surface area contributed by atoms with Crippen LogP contribution in [-0.4, -0.2) is 178 Å². The minimum Gasteiger partial charge on any atom is -0.492 e. The van der Waals surface area contributed by atoms with Crippen LogP contribution in [0.4, 0.5) is 52.7 Å². The van der Waals surface area contributed by atoms with Crippen molar-refractivity contribution in [2.75, 3.05) is 46.4 Å². The summed E-state index contributed by atoms with van der Waals surface area (Å²) >= 11 is 6.71. The van der Waals surface area contributed by atoms with Crippen molar-refractivity contribution in [1.29, 1.82) is 5.26 Å². The van der Waals surface area contributed by atoms with Gasteiger partial charge in [0.2, 0.25) is 23.6 Å². The second-order valence-corrected chi connectivity index (χ2v) is 23.6. The van der Waals surface area contributed by atoms with Gasteiger partial charge in [-0.25, -0.2) is 19.2 Å². The molecule has 0 fully saturated rings. The topological polar surface area (TPSA) is 419 Å². The molecule has 4 atom stereocenters. The van der Waals surface area contributed by atoms with Gasteiger partial charge >= 0.3 is 48.6 Å². The fourth-order valence-corrected chi connectivity index (χ4v) is 9.79. The van der Waals surface area contributed by atoms with E-state index in [0.717, 1.165) is 16.9 Å². The second-order valence-electron chi connectivity index (χ2n) is 20.1. The van der Waals surface area contributed by atoms with Crippen LogP contribution < -0.4 is 47.9 Å². The number of aromatic nitrogens is 1. The quantitative estimate of drug-likeness (QED) is 0.0277. The molecule has 0 unspecified atom stereocenters. The van der Waals surface area contributed by atoms with E-state index in [-0.39, 0.29) is 67.6 Å². The number of hydrogen-bond acceptors (Lipinski definition) is 18. The first-order valence-corrected chi connectivity index (χ1v) is 29.7. The molecule has 4 bridgehead atoms. The lowest BCUT2D eigenvalue weighted by molar-refractivity contribution is -0.193. The molecule has 25 nitrogen and oxygen atoms in total. The van der Waals surface area contributed by atoms with E-state index in [9.17, 15) is 76.7 Å². The summed E-state index contributed by atoms with van der Waals surface area (Å²) in [4.78, 5) is 111. The highest BCUT2D eigenvalue weighted by Gasteiger charge is 2.41. The average molecular weight is 1440 g/mol. The summed E-state index contributed by atoms with van der Waals surface area (Å²) < 4.78 is 139. The van der Waals surface area contributed by atoms with Crippen LogP contribution in [0.25, 0.3) is 22.4 Å². The molecule has 0 aliphatic carbocycles. The number of carbonyl (C=O) groups excluding carboxylic acids is 5. The van der Waals surface area contributed by atoms with Crippen LogP contribution in [0.2, 0.25) is 5.02 Å². The molecule has 3 aromatic carbocycles. The molecular formula is C56H63ClF12N10O15S2. The number of alkyl halides is 12. The van der Waals surface area contributed by atoms with Crippen molar-refractivity contribution >= 4 is 86.6 Å². The normalized spacial score (nSPS) is 15.0. The Kier molecular flexibility index (Phi) is 34.3. The van der Waals surface area contributed by atoms with E-state index in [2.05, 4.69) is 47.0 Å². The number of likely N-dealkylation sites (N-methyl/N-ethyl adjacent to an activating group) is 1. The van der Waals surface area contributed by atoms with E-state index in [1.54, 1.807) is 53.3 Å². The number of carboxylic acids is 4. The third-order valence-electron chi connectivity index (χ3n) is 11.5. The monoisotopic (exact) mass is 1440 g/mol. The van der Waals surface area contributed by atoms with Crippen molar-refractivity contribution in [3.8, 4) is 40.0 Å². The number of fused-ring (bicyclic) bond motifs is 5. The Morgan fingerprint density at radius 3 is 1.65 bits per heavy atom. The number of carbonyl (C=O) groups is 9. The van der Waals surface area contributed by atoms with Crippen LogP contribution in [0.15, 0.2) is 72.9 Å². The summed E-state index contributed by atoms with van der Waals surface area (Å²) in [6.07, 6.45) is -19.0. The summed E-state index contributed by atoms with van der Waals surface area (Å²) in [5, 5.41) is 48.4. The molecule has 5 amide bonds. The number of carboxylic acid groups (broad SMARTS) is 4. The van der Waals surface area contributed by atoms with Gasteiger partial charge in [-0.1, -0.05) is 90.4 Å². The van der Waals surface area contributed by atoms with Crippen LogP contribution in [0.3, 0.4) is 0 Å². The predicted molar refractivity (Wildman–Crippen MR) is 321 cm³/mol. The van der Waals surface area contributed by atoms with Crippen LogP contribution in [-0.2, 0) is 50.5 Å². The minimum atomic E-state index is -5.08. The molecule has 1 aromatic heterocycles. The van der Waals surface area contributed by atoms with Crippen molar-refractivity contribution in [2.45, 2.75) is 99.9 Å². The number of halogens is 13. The molecule has 5 rings (SSSR count). The Morgan fingerprint density at radius 2 is 1.21 bits per heavy atom. The average Bonchev–Trinajstić information content (AvgIpc) is 0.789. The maximum Gasteiger partial charge on any atom is 0.490 e. The summed E-state index contributed by atoms with van der Waals surface area (Å²) in [5.74, 6) is -12.9. The molecule has 0 spiro atoms. The number of nitrogens with two attached hydrogens (primary N) is 3. The maximum atomic E-state index is 14.7. The van der Waals surface area contributed by atoms with E-state index in [0.29, 0.717) is 39.4 Å². The molecule has 1 aliphatic rings. The molecule has 530 valence electrons. The molecule has 0 radical (unpaired) electrons. The SMILES string of the molecule is C[C@@H]1NC(=O)[C@@H](N(C)C(=O)[C@H](CCN)NC(=O)c2cnc(-c3ccc(CSSC(C)(C)C)cc3)cc2Cl)c2ccc(OCCN)c(c2)-c2cc(ccc2OCCN)C[C@@H](C(=O)NCC#N)NC1=O.O=C(O)C(F)(F)F.O=C(O)C(F)(F)F.O=C(O)C(F)(F)F.O=C(O)C(F)(F)F. The highest BCUT2D eigenvalue weighted by molar-refractivity contribution is 8.76. The standard InChI is InChI=1S/C48H59ClN10O7S2.4C2HF3O2/c1-28-43(60)58-39(45(62)54-19-16-51)23-30-8-12-40(65-20-17-52)33(22-30)34-24-32(11-13-41(34)66-21-18-53)42(46(63)56-28)59(5)47(64)37(14-15-50)57-44(61)35-26-55-38(25-36(35)49)31-9-6-29(7-10-31)27-67-68-48(2,3)4;4*3-2(4,5)1(6)7/h6-13,22,24-26,28,37,39,42H,14-15,17-21,23,27,50,52-53H2,1-5H3,(H,54,62)(H,56,63)(H,57,61)(H,58,60);4*(H,6,7)/t28-,37-,39-,42-;;;;/m0..../s1. The molecule has 96 heavy (non-hydrogen) atoms. The molecule has 40 heteroatoms. The number of amides is 5. The lowest BCUT2D eigenvalue weighted by Gasteiger charge is -2.32. The lowest BCUT2D eigenvalue weighted by atomic mass is 9.93. The van der Waals surface area contributed by atoms with Gasteiger partial charge in [0.15, 0.2) is 0 Å². The number of hydrogen-bond donors (Lipinski definition) is 11. The van der Waals surface area contributed by atoms with Crippen molar-refractivity contribution in [2.24, 2.45) is 17.2 Å². The van der Waals surface area contributed by atoms with Crippen molar-refractivity contribution in [3.05, 3.63) is 100 Å². The zero-order chi connectivity index (χ0) is 73.9. The molecule has 0 saturated carbocycles. The molecular weight excluding hydrogens is 1380 g/mol. The van der Waals surface area contributed by atoms with Crippen LogP contribution in [0.1, 0.15) is 67.2 Å². The first-order valence-electron chi connectivity index (χ1n) is 27.0. The van der Waals surface area contributed by atoms with Crippen molar-refractivity contribution in [3.63, 3.8) is 0 Å². The summed E-state index contributed by atoms with van der Waals surface area (Å²) in [5.41, 5.74) is 22.0. The fourth-order valence-electron chi connectivity index (χ4n) is 7.17. The van der Waals surface area contributed by atoms with Gasteiger partial charge in [-0.05, 0) is 66.9 Å². The molecule has 0 saturated heterocycles. The van der Waals surface area contributed by atoms with Gasteiger partial charge in [-0.15, -0.1) is 0 Å². The van der Waals surface area contributed by atoms with Gasteiger partial charge in [-0.3, -0.25) is 29.0 Å². The Balaban J connectivity index is 0.00000136. The van der Waals surface area contributed by atoms with Gasteiger partial charge < -0.3 is 73.3 Å². The van der Waals surface area contributed by atoms with E-state index >= 15 is 0 Å². The predicted octanol–water partition coefficient (Wildman–Crippen LogP) is 6.79. The number of nitrogens with one attached hydrogen (secondary N) is 4. The maximum absolute atomic E-state index is 14.7. The van der Waals surface area contributed by atoms with Gasteiger partial charge in [0.1, 0.15) is 55.4 Å². The summed E-state index contributed by atoms with van der Waals surface area (Å²) in [6, 6.07) is 16.4. The van der Waals surface area contributed by atoms with E-state index in [1.807, 2.05) is 41.1 Å². The second kappa shape index (κ2) is 38.6. The first-order chi connectivity index (χ1) is 44.2. The zero-order valence-corrected chi connectivity index (χ0v) is 53.1. The molecule has 2 heterocycles. The Labute approximate surface area is 550 Å².